The highest BCUT2D eigenvalue weighted by Crippen LogP contribution is 2.18. The van der Waals surface area contributed by atoms with Crippen LogP contribution in [-0.4, -0.2) is 24.5 Å². The molecule has 8 heteroatoms. The maximum absolute atomic E-state index is 12.4. The van der Waals surface area contributed by atoms with Crippen molar-refractivity contribution in [2.75, 3.05) is 5.32 Å². The summed E-state index contributed by atoms with van der Waals surface area (Å²) in [6.07, 6.45) is 0.762. The van der Waals surface area contributed by atoms with E-state index in [4.69, 9.17) is 0 Å². The van der Waals surface area contributed by atoms with Crippen molar-refractivity contribution in [1.29, 1.82) is 0 Å². The van der Waals surface area contributed by atoms with Crippen LogP contribution in [0.4, 0.5) is 5.13 Å². The number of hydrogen-bond acceptors (Lipinski definition) is 6. The molecule has 0 aliphatic carbocycles. The molecule has 6 nitrogen and oxygen atoms in total. The first-order chi connectivity index (χ1) is 12.5. The first-order valence-corrected chi connectivity index (χ1v) is 10.5. The molecule has 3 rings (SSSR count). The van der Waals surface area contributed by atoms with Crippen LogP contribution in [0.2, 0.25) is 0 Å². The minimum absolute atomic E-state index is 0.116. The smallest absolute Gasteiger partial charge is 0.257 e. The predicted molar refractivity (Wildman–Crippen MR) is 101 cm³/mol. The fourth-order valence-electron chi connectivity index (χ4n) is 2.30. The van der Waals surface area contributed by atoms with Crippen molar-refractivity contribution < 1.29 is 13.2 Å². The summed E-state index contributed by atoms with van der Waals surface area (Å²) in [6, 6.07) is 14.8. The highest BCUT2D eigenvalue weighted by molar-refractivity contribution is 7.90. The van der Waals surface area contributed by atoms with Crippen LogP contribution in [0.1, 0.15) is 27.9 Å². The molecule has 0 fully saturated rings. The number of sulfone groups is 1. The van der Waals surface area contributed by atoms with Crippen LogP contribution in [0.15, 0.2) is 59.5 Å². The van der Waals surface area contributed by atoms with Gasteiger partial charge in [0.05, 0.1) is 10.6 Å². The number of nitrogens with one attached hydrogen (secondary N) is 1. The van der Waals surface area contributed by atoms with Gasteiger partial charge in [-0.2, -0.15) is 0 Å². The number of anilines is 1. The number of benzene rings is 2. The van der Waals surface area contributed by atoms with Gasteiger partial charge in [-0.15, -0.1) is 10.2 Å². The summed E-state index contributed by atoms with van der Waals surface area (Å²) in [5, 5.41) is 11.9. The topological polar surface area (TPSA) is 89.0 Å². The Bertz CT molecular complexity index is 998. The molecule has 0 aliphatic rings. The normalized spacial score (nSPS) is 11.3. The van der Waals surface area contributed by atoms with Gasteiger partial charge in [-0.1, -0.05) is 48.6 Å². The summed E-state index contributed by atoms with van der Waals surface area (Å²) in [4.78, 5) is 12.5. The van der Waals surface area contributed by atoms with E-state index in [9.17, 15) is 13.2 Å². The Labute approximate surface area is 155 Å². The number of aryl methyl sites for hydroxylation is 1. The van der Waals surface area contributed by atoms with E-state index in [2.05, 4.69) is 15.5 Å². The molecule has 1 heterocycles. The van der Waals surface area contributed by atoms with Crippen LogP contribution in [0.25, 0.3) is 0 Å². The van der Waals surface area contributed by atoms with Crippen LogP contribution in [0.3, 0.4) is 0 Å². The molecule has 0 radical (unpaired) electrons. The fraction of sp³-hybridized carbons (Fsp3) is 0.167. The molecule has 0 saturated carbocycles. The van der Waals surface area contributed by atoms with Gasteiger partial charge in [-0.05, 0) is 36.2 Å². The molecule has 0 aliphatic heterocycles. The Morgan fingerprint density at radius 1 is 1.04 bits per heavy atom. The van der Waals surface area contributed by atoms with Crippen LogP contribution in [0.5, 0.6) is 0 Å². The van der Waals surface area contributed by atoms with Gasteiger partial charge in [-0.3, -0.25) is 10.1 Å². The third-order valence-corrected chi connectivity index (χ3v) is 6.35. The highest BCUT2D eigenvalue weighted by atomic mass is 32.2. The summed E-state index contributed by atoms with van der Waals surface area (Å²) >= 11 is 1.33. The Kier molecular flexibility index (Phi) is 5.43. The molecule has 0 saturated heterocycles. The molecular weight excluding hydrogens is 370 g/mol. The van der Waals surface area contributed by atoms with Crippen molar-refractivity contribution in [1.82, 2.24) is 10.2 Å². The van der Waals surface area contributed by atoms with Crippen molar-refractivity contribution in [3.05, 3.63) is 70.7 Å². The van der Waals surface area contributed by atoms with E-state index >= 15 is 0 Å². The lowest BCUT2D eigenvalue weighted by Crippen LogP contribution is -2.12. The van der Waals surface area contributed by atoms with Crippen molar-refractivity contribution in [3.8, 4) is 0 Å². The third-order valence-electron chi connectivity index (χ3n) is 3.66. The number of hydrogen-bond donors (Lipinski definition) is 1. The SMILES string of the molecule is CCc1nnc(NC(=O)c2ccc(CS(=O)(=O)c3ccccc3)cc2)s1. The van der Waals surface area contributed by atoms with Crippen molar-refractivity contribution in [2.24, 2.45) is 0 Å². The van der Waals surface area contributed by atoms with E-state index < -0.39 is 9.84 Å². The predicted octanol–water partition coefficient (Wildman–Crippen LogP) is 3.33. The Morgan fingerprint density at radius 3 is 2.35 bits per heavy atom. The standard InChI is InChI=1S/C18H17N3O3S2/c1-2-16-20-21-18(25-16)19-17(22)14-10-8-13(9-11-14)12-26(23,24)15-6-4-3-5-7-15/h3-11H,2,12H2,1H3,(H,19,21,22). The van der Waals surface area contributed by atoms with E-state index in [0.29, 0.717) is 16.3 Å². The van der Waals surface area contributed by atoms with Crippen LogP contribution >= 0.6 is 11.3 Å². The minimum Gasteiger partial charge on any atom is -0.296 e. The zero-order valence-corrected chi connectivity index (χ0v) is 15.7. The van der Waals surface area contributed by atoms with Gasteiger partial charge in [-0.25, -0.2) is 8.42 Å². The number of carbonyl (C=O) groups is 1. The molecular formula is C18H17N3O3S2. The molecule has 1 aromatic heterocycles. The molecule has 0 spiro atoms. The largest absolute Gasteiger partial charge is 0.296 e. The molecule has 0 bridgehead atoms. The average Bonchev–Trinajstić information content (AvgIpc) is 3.10. The maximum Gasteiger partial charge on any atom is 0.257 e. The number of nitrogens with zero attached hydrogens (tertiary/aromatic N) is 2. The van der Waals surface area contributed by atoms with E-state index in [-0.39, 0.29) is 16.6 Å². The van der Waals surface area contributed by atoms with E-state index in [0.717, 1.165) is 11.4 Å². The fourth-order valence-corrected chi connectivity index (χ4v) is 4.34. The van der Waals surface area contributed by atoms with E-state index in [1.165, 1.54) is 11.3 Å². The molecule has 0 unspecified atom stereocenters. The first kappa shape index (κ1) is 18.2. The second-order valence-electron chi connectivity index (χ2n) is 5.58. The Morgan fingerprint density at radius 2 is 1.73 bits per heavy atom. The van der Waals surface area contributed by atoms with Gasteiger partial charge in [0.25, 0.3) is 5.91 Å². The summed E-state index contributed by atoms with van der Waals surface area (Å²) in [5.74, 6) is -0.420. The summed E-state index contributed by atoms with van der Waals surface area (Å²) in [6.45, 7) is 1.97. The summed E-state index contributed by atoms with van der Waals surface area (Å²) < 4.78 is 24.8. The molecule has 2 aromatic carbocycles. The quantitative estimate of drug-likeness (QED) is 0.701. The van der Waals surface area contributed by atoms with Gasteiger partial charge in [0.15, 0.2) is 9.84 Å². The van der Waals surface area contributed by atoms with Crippen molar-refractivity contribution in [2.45, 2.75) is 24.0 Å². The number of rotatable bonds is 6. The average molecular weight is 387 g/mol. The maximum atomic E-state index is 12.4. The number of carbonyl (C=O) groups excluding carboxylic acids is 1. The van der Waals surface area contributed by atoms with Crippen molar-refractivity contribution >= 4 is 32.2 Å². The summed E-state index contributed by atoms with van der Waals surface area (Å²) in [5.41, 5.74) is 1.05. The second-order valence-corrected chi connectivity index (χ2v) is 8.63. The van der Waals surface area contributed by atoms with Crippen LogP contribution in [0, 0.1) is 0 Å². The number of aromatic nitrogens is 2. The minimum atomic E-state index is -3.41. The molecule has 1 N–H and O–H groups in total. The van der Waals surface area contributed by atoms with Crippen LogP contribution in [-0.2, 0) is 22.0 Å². The van der Waals surface area contributed by atoms with E-state index in [1.807, 2.05) is 6.92 Å². The monoisotopic (exact) mass is 387 g/mol. The third kappa shape index (κ3) is 4.33. The molecule has 0 atom stereocenters. The molecule has 1 amide bonds. The van der Waals surface area contributed by atoms with Gasteiger partial charge in [0.1, 0.15) is 5.01 Å². The highest BCUT2D eigenvalue weighted by Gasteiger charge is 2.15. The zero-order valence-electron chi connectivity index (χ0n) is 14.0. The van der Waals surface area contributed by atoms with Gasteiger partial charge < -0.3 is 0 Å². The van der Waals surface area contributed by atoms with Gasteiger partial charge in [0, 0.05) is 5.56 Å². The number of amides is 1. The van der Waals surface area contributed by atoms with Crippen molar-refractivity contribution in [3.63, 3.8) is 0 Å². The zero-order chi connectivity index (χ0) is 18.6. The molecule has 26 heavy (non-hydrogen) atoms. The first-order valence-electron chi connectivity index (χ1n) is 7.98. The lowest BCUT2D eigenvalue weighted by molar-refractivity contribution is 0.102. The van der Waals surface area contributed by atoms with E-state index in [1.54, 1.807) is 54.6 Å². The van der Waals surface area contributed by atoms with Gasteiger partial charge >= 0.3 is 0 Å². The Balaban J connectivity index is 1.69. The Hall–Kier alpha value is -2.58. The van der Waals surface area contributed by atoms with Gasteiger partial charge in [0.2, 0.25) is 5.13 Å². The molecule has 134 valence electrons. The lowest BCUT2D eigenvalue weighted by Gasteiger charge is -2.06. The molecule has 3 aromatic rings. The summed E-state index contributed by atoms with van der Waals surface area (Å²) in [7, 11) is -3.41. The lowest BCUT2D eigenvalue weighted by atomic mass is 10.1. The second kappa shape index (κ2) is 7.76. The van der Waals surface area contributed by atoms with Crippen LogP contribution < -0.4 is 5.32 Å².